The van der Waals surface area contributed by atoms with Gasteiger partial charge in [0.2, 0.25) is 0 Å². The number of hydrogen-bond acceptors (Lipinski definition) is 3. The third-order valence-electron chi connectivity index (χ3n) is 4.78. The van der Waals surface area contributed by atoms with Crippen molar-refractivity contribution in [2.75, 3.05) is 26.8 Å². The van der Waals surface area contributed by atoms with Gasteiger partial charge < -0.3 is 19.7 Å². The number of nitrogens with zero attached hydrogens (tertiary/aromatic N) is 1. The van der Waals surface area contributed by atoms with Gasteiger partial charge in [-0.2, -0.15) is 0 Å². The van der Waals surface area contributed by atoms with Crippen molar-refractivity contribution in [3.63, 3.8) is 0 Å². The minimum atomic E-state index is -0.0159. The van der Waals surface area contributed by atoms with Gasteiger partial charge in [0, 0.05) is 32.2 Å². The van der Waals surface area contributed by atoms with Gasteiger partial charge in [-0.25, -0.2) is 4.79 Å². The predicted octanol–water partition coefficient (Wildman–Crippen LogP) is 3.68. The molecule has 1 N–H and O–H groups in total. The molecule has 0 radical (unpaired) electrons. The molecule has 0 unspecified atom stereocenters. The maximum Gasteiger partial charge on any atom is 0.317 e. The zero-order chi connectivity index (χ0) is 18.4. The zero-order valence-electron chi connectivity index (χ0n) is 16.2. The van der Waals surface area contributed by atoms with Gasteiger partial charge in [0.1, 0.15) is 5.75 Å². The topological polar surface area (TPSA) is 50.8 Å². The Bertz CT molecular complexity index is 551. The molecular formula is C20H32N2O3. The lowest BCUT2D eigenvalue weighted by atomic mass is 9.81. The number of nitrogens with one attached hydrogen (secondary N) is 1. The second-order valence-electron chi connectivity index (χ2n) is 7.75. The molecule has 1 fully saturated rings. The molecule has 1 aromatic rings. The molecule has 140 valence electrons. The highest BCUT2D eigenvalue weighted by molar-refractivity contribution is 5.74. The third-order valence-corrected chi connectivity index (χ3v) is 4.78. The number of carbonyl (C=O) groups excluding carboxylic acids is 1. The van der Waals surface area contributed by atoms with Crippen molar-refractivity contribution in [2.45, 2.75) is 46.8 Å². The van der Waals surface area contributed by atoms with E-state index in [1.54, 1.807) is 7.11 Å². The molecule has 1 aliphatic heterocycles. The van der Waals surface area contributed by atoms with Crippen LogP contribution in [0.3, 0.4) is 0 Å². The summed E-state index contributed by atoms with van der Waals surface area (Å²) in [6.07, 6.45) is 1.21. The van der Waals surface area contributed by atoms with Crippen molar-refractivity contribution in [1.82, 2.24) is 10.2 Å². The fourth-order valence-electron chi connectivity index (χ4n) is 3.41. The van der Waals surface area contributed by atoms with Crippen molar-refractivity contribution >= 4 is 6.03 Å². The lowest BCUT2D eigenvalue weighted by Gasteiger charge is -2.31. The average Bonchev–Trinajstić information content (AvgIpc) is 3.07. The zero-order valence-corrected chi connectivity index (χ0v) is 16.2. The Hall–Kier alpha value is -1.75. The number of methoxy groups -OCH3 is 1. The molecule has 1 saturated heterocycles. The Kier molecular flexibility index (Phi) is 6.71. The Morgan fingerprint density at radius 1 is 1.32 bits per heavy atom. The molecule has 0 aliphatic carbocycles. The molecule has 1 heterocycles. The Balaban J connectivity index is 1.89. The monoisotopic (exact) mass is 348 g/mol. The number of benzene rings is 1. The molecular weight excluding hydrogens is 316 g/mol. The summed E-state index contributed by atoms with van der Waals surface area (Å²) in [6.45, 7) is 11.3. The maximum atomic E-state index is 12.6. The summed E-state index contributed by atoms with van der Waals surface area (Å²) >= 11 is 0. The van der Waals surface area contributed by atoms with E-state index < -0.39 is 0 Å². The van der Waals surface area contributed by atoms with Crippen LogP contribution in [0.4, 0.5) is 4.79 Å². The summed E-state index contributed by atoms with van der Waals surface area (Å²) in [4.78, 5) is 14.4. The summed E-state index contributed by atoms with van der Waals surface area (Å²) in [7, 11) is 1.65. The standard InChI is InChI=1S/C20H32N2O3/c1-6-22(14-15-7-9-17(24-5)10-8-15)19(23)21-13-16-11-12-25-18(16)20(2,3)4/h7-10,16,18H,6,11-14H2,1-5H3,(H,21,23)/t16-,18+/m1/s1. The molecule has 25 heavy (non-hydrogen) atoms. The van der Waals surface area contributed by atoms with E-state index in [1.807, 2.05) is 36.1 Å². The molecule has 2 amide bonds. The fourth-order valence-corrected chi connectivity index (χ4v) is 3.41. The number of hydrogen-bond donors (Lipinski definition) is 1. The van der Waals surface area contributed by atoms with Crippen LogP contribution in [0.25, 0.3) is 0 Å². The first-order valence-electron chi connectivity index (χ1n) is 9.12. The number of ether oxygens (including phenoxy) is 2. The van der Waals surface area contributed by atoms with E-state index in [-0.39, 0.29) is 17.6 Å². The van der Waals surface area contributed by atoms with Crippen LogP contribution in [0.2, 0.25) is 0 Å². The quantitative estimate of drug-likeness (QED) is 0.853. The highest BCUT2D eigenvalue weighted by Crippen LogP contribution is 2.34. The fraction of sp³-hybridized carbons (Fsp3) is 0.650. The molecule has 2 atom stereocenters. The SMILES string of the molecule is CCN(Cc1ccc(OC)cc1)C(=O)NC[C@H]1CCO[C@@H]1C(C)(C)C. The Morgan fingerprint density at radius 2 is 2.00 bits per heavy atom. The van der Waals surface area contributed by atoms with Crippen LogP contribution >= 0.6 is 0 Å². The third kappa shape index (κ3) is 5.36. The second kappa shape index (κ2) is 8.56. The summed E-state index contributed by atoms with van der Waals surface area (Å²) < 4.78 is 11.1. The highest BCUT2D eigenvalue weighted by Gasteiger charge is 2.37. The van der Waals surface area contributed by atoms with Gasteiger partial charge >= 0.3 is 6.03 Å². The van der Waals surface area contributed by atoms with Gasteiger partial charge in [0.15, 0.2) is 0 Å². The summed E-state index contributed by atoms with van der Waals surface area (Å²) in [5, 5.41) is 3.10. The lowest BCUT2D eigenvalue weighted by molar-refractivity contribution is 0.00754. The molecule has 0 bridgehead atoms. The molecule has 2 rings (SSSR count). The first-order chi connectivity index (χ1) is 11.8. The van der Waals surface area contributed by atoms with Gasteiger partial charge in [0.25, 0.3) is 0 Å². The van der Waals surface area contributed by atoms with Crippen molar-refractivity contribution in [1.29, 1.82) is 0 Å². The van der Waals surface area contributed by atoms with Crippen molar-refractivity contribution < 1.29 is 14.3 Å². The Morgan fingerprint density at radius 3 is 2.56 bits per heavy atom. The predicted molar refractivity (Wildman–Crippen MR) is 99.8 cm³/mol. The second-order valence-corrected chi connectivity index (χ2v) is 7.75. The van der Waals surface area contributed by atoms with E-state index in [2.05, 4.69) is 26.1 Å². The van der Waals surface area contributed by atoms with Gasteiger partial charge in [-0.1, -0.05) is 32.9 Å². The van der Waals surface area contributed by atoms with Crippen LogP contribution in [0, 0.1) is 11.3 Å². The van der Waals surface area contributed by atoms with Crippen LogP contribution in [0.1, 0.15) is 39.7 Å². The minimum absolute atomic E-state index is 0.0159. The van der Waals surface area contributed by atoms with E-state index in [1.165, 1.54) is 0 Å². The maximum absolute atomic E-state index is 12.6. The molecule has 0 aromatic heterocycles. The average molecular weight is 348 g/mol. The van der Waals surface area contributed by atoms with Crippen LogP contribution in [-0.2, 0) is 11.3 Å². The number of urea groups is 1. The van der Waals surface area contributed by atoms with E-state index in [9.17, 15) is 4.79 Å². The van der Waals surface area contributed by atoms with E-state index >= 15 is 0 Å². The van der Waals surface area contributed by atoms with Gasteiger partial charge in [-0.05, 0) is 36.5 Å². The Labute approximate surface area is 151 Å². The summed E-state index contributed by atoms with van der Waals surface area (Å²) in [6, 6.07) is 7.82. The minimum Gasteiger partial charge on any atom is -0.497 e. The van der Waals surface area contributed by atoms with E-state index in [0.29, 0.717) is 25.6 Å². The van der Waals surface area contributed by atoms with Gasteiger partial charge in [-0.15, -0.1) is 0 Å². The largest absolute Gasteiger partial charge is 0.497 e. The van der Waals surface area contributed by atoms with Crippen LogP contribution in [0.15, 0.2) is 24.3 Å². The molecule has 1 aliphatic rings. The first-order valence-corrected chi connectivity index (χ1v) is 9.12. The molecule has 0 spiro atoms. The van der Waals surface area contributed by atoms with Crippen molar-refractivity contribution in [3.8, 4) is 5.75 Å². The molecule has 5 heteroatoms. The molecule has 5 nitrogen and oxygen atoms in total. The summed E-state index contributed by atoms with van der Waals surface area (Å²) in [5.74, 6) is 1.20. The number of amides is 2. The van der Waals surface area contributed by atoms with Gasteiger partial charge in [-0.3, -0.25) is 0 Å². The van der Waals surface area contributed by atoms with E-state index in [4.69, 9.17) is 9.47 Å². The smallest absolute Gasteiger partial charge is 0.317 e. The molecule has 0 saturated carbocycles. The van der Waals surface area contributed by atoms with E-state index in [0.717, 1.165) is 24.3 Å². The van der Waals surface area contributed by atoms with Crippen LogP contribution < -0.4 is 10.1 Å². The lowest BCUT2D eigenvalue weighted by Crippen LogP contribution is -2.44. The normalized spacial score (nSPS) is 20.4. The van der Waals surface area contributed by atoms with Crippen LogP contribution in [0.5, 0.6) is 5.75 Å². The number of rotatable bonds is 6. The van der Waals surface area contributed by atoms with Crippen molar-refractivity contribution in [3.05, 3.63) is 29.8 Å². The highest BCUT2D eigenvalue weighted by atomic mass is 16.5. The van der Waals surface area contributed by atoms with Crippen LogP contribution in [-0.4, -0.2) is 43.8 Å². The number of carbonyl (C=O) groups is 1. The molecule has 1 aromatic carbocycles. The van der Waals surface area contributed by atoms with Gasteiger partial charge in [0.05, 0.1) is 13.2 Å². The summed E-state index contributed by atoms with van der Waals surface area (Å²) in [5.41, 5.74) is 1.19. The first kappa shape index (κ1) is 19.6. The van der Waals surface area contributed by atoms with Crippen molar-refractivity contribution in [2.24, 2.45) is 11.3 Å².